The van der Waals surface area contributed by atoms with Crippen LogP contribution >= 0.6 is 0 Å². The fourth-order valence-electron chi connectivity index (χ4n) is 1.53. The highest BCUT2D eigenvalue weighted by Gasteiger charge is 2.16. The number of pyridine rings is 1. The lowest BCUT2D eigenvalue weighted by Gasteiger charge is -2.07. The number of aromatic hydroxyl groups is 1. The fraction of sp³-hybridized carbons (Fsp3) is 0. The van der Waals surface area contributed by atoms with E-state index in [4.69, 9.17) is 5.11 Å². The number of phenols is 1. The van der Waals surface area contributed by atoms with Crippen LogP contribution in [0.4, 0.5) is 10.1 Å². The number of benzene rings is 1. The van der Waals surface area contributed by atoms with E-state index < -0.39 is 29.0 Å². The number of halogens is 1. The molecule has 1 amide bonds. The SMILES string of the molecule is O=C(O)c1ccc(NC(=O)c2c(O)cccc2F)cn1. The van der Waals surface area contributed by atoms with E-state index in [-0.39, 0.29) is 11.4 Å². The average molecular weight is 276 g/mol. The van der Waals surface area contributed by atoms with Crippen LogP contribution in [0.15, 0.2) is 36.5 Å². The molecule has 0 fully saturated rings. The van der Waals surface area contributed by atoms with E-state index in [1.165, 1.54) is 24.3 Å². The van der Waals surface area contributed by atoms with Gasteiger partial charge in [0.25, 0.3) is 5.91 Å². The van der Waals surface area contributed by atoms with Gasteiger partial charge in [0, 0.05) is 0 Å². The third kappa shape index (κ3) is 2.72. The molecule has 0 unspecified atom stereocenters. The highest BCUT2D eigenvalue weighted by Crippen LogP contribution is 2.21. The van der Waals surface area contributed by atoms with Gasteiger partial charge < -0.3 is 15.5 Å². The van der Waals surface area contributed by atoms with Crippen LogP contribution in [0.2, 0.25) is 0 Å². The van der Waals surface area contributed by atoms with Crippen LogP contribution in [0, 0.1) is 5.82 Å². The number of carbonyl (C=O) groups excluding carboxylic acids is 1. The molecule has 1 aromatic carbocycles. The zero-order valence-corrected chi connectivity index (χ0v) is 10.0. The normalized spacial score (nSPS) is 10.1. The van der Waals surface area contributed by atoms with E-state index in [9.17, 15) is 19.1 Å². The van der Waals surface area contributed by atoms with Crippen LogP contribution in [0.25, 0.3) is 0 Å². The van der Waals surface area contributed by atoms with Crippen LogP contribution in [0.5, 0.6) is 5.75 Å². The maximum atomic E-state index is 13.5. The molecule has 0 saturated heterocycles. The molecule has 1 heterocycles. The number of nitrogens with zero attached hydrogens (tertiary/aromatic N) is 1. The Morgan fingerprint density at radius 2 is 1.95 bits per heavy atom. The van der Waals surface area contributed by atoms with Crippen molar-refractivity contribution in [3.63, 3.8) is 0 Å². The molecule has 102 valence electrons. The first-order chi connectivity index (χ1) is 9.49. The van der Waals surface area contributed by atoms with Crippen molar-refractivity contribution >= 4 is 17.6 Å². The van der Waals surface area contributed by atoms with Crippen molar-refractivity contribution in [1.29, 1.82) is 0 Å². The first-order valence-corrected chi connectivity index (χ1v) is 5.47. The molecule has 0 aliphatic heterocycles. The van der Waals surface area contributed by atoms with E-state index in [0.29, 0.717) is 0 Å². The molecular weight excluding hydrogens is 267 g/mol. The highest BCUT2D eigenvalue weighted by molar-refractivity contribution is 6.06. The molecule has 20 heavy (non-hydrogen) atoms. The Balaban J connectivity index is 2.21. The molecule has 2 rings (SSSR count). The summed E-state index contributed by atoms with van der Waals surface area (Å²) in [6, 6.07) is 6.00. The molecule has 0 aliphatic carbocycles. The summed E-state index contributed by atoms with van der Waals surface area (Å²) in [6.45, 7) is 0. The van der Waals surface area contributed by atoms with Crippen LogP contribution < -0.4 is 5.32 Å². The van der Waals surface area contributed by atoms with Crippen molar-refractivity contribution in [2.75, 3.05) is 5.32 Å². The van der Waals surface area contributed by atoms with Gasteiger partial charge in [-0.2, -0.15) is 0 Å². The Kier molecular flexibility index (Phi) is 3.60. The number of hydrogen-bond donors (Lipinski definition) is 3. The molecule has 0 radical (unpaired) electrons. The molecule has 0 spiro atoms. The summed E-state index contributed by atoms with van der Waals surface area (Å²) in [6.07, 6.45) is 1.12. The predicted molar refractivity (Wildman–Crippen MR) is 67.2 cm³/mol. The lowest BCUT2D eigenvalue weighted by molar-refractivity contribution is 0.0690. The smallest absolute Gasteiger partial charge is 0.354 e. The van der Waals surface area contributed by atoms with Gasteiger partial charge in [-0.3, -0.25) is 4.79 Å². The molecule has 0 bridgehead atoms. The second-order valence-electron chi connectivity index (χ2n) is 3.83. The van der Waals surface area contributed by atoms with Crippen molar-refractivity contribution < 1.29 is 24.2 Å². The second-order valence-corrected chi connectivity index (χ2v) is 3.83. The zero-order chi connectivity index (χ0) is 14.7. The molecule has 6 nitrogen and oxygen atoms in total. The van der Waals surface area contributed by atoms with Gasteiger partial charge in [0.05, 0.1) is 11.9 Å². The van der Waals surface area contributed by atoms with Crippen LogP contribution in [-0.2, 0) is 0 Å². The fourth-order valence-corrected chi connectivity index (χ4v) is 1.53. The molecule has 3 N–H and O–H groups in total. The van der Waals surface area contributed by atoms with Gasteiger partial charge in [-0.05, 0) is 24.3 Å². The molecule has 7 heteroatoms. The van der Waals surface area contributed by atoms with Gasteiger partial charge in [0.15, 0.2) is 0 Å². The molecule has 1 aromatic heterocycles. The van der Waals surface area contributed by atoms with E-state index in [0.717, 1.165) is 12.3 Å². The van der Waals surface area contributed by atoms with Crippen molar-refractivity contribution in [3.8, 4) is 5.75 Å². The number of anilines is 1. The number of carboxylic acids is 1. The molecule has 0 saturated carbocycles. The standard InChI is InChI=1S/C13H9FN2O4/c14-8-2-1-3-10(17)11(8)12(18)16-7-4-5-9(13(19)20)15-6-7/h1-6,17H,(H,16,18)(H,19,20). The van der Waals surface area contributed by atoms with Crippen molar-refractivity contribution in [1.82, 2.24) is 4.98 Å². The Morgan fingerprint density at radius 3 is 2.50 bits per heavy atom. The molecule has 0 atom stereocenters. The average Bonchev–Trinajstić information content (AvgIpc) is 2.39. The summed E-state index contributed by atoms with van der Waals surface area (Å²) in [7, 11) is 0. The number of aromatic nitrogens is 1. The van der Waals surface area contributed by atoms with E-state index in [1.54, 1.807) is 0 Å². The number of carbonyl (C=O) groups is 2. The topological polar surface area (TPSA) is 99.5 Å². The van der Waals surface area contributed by atoms with Crippen LogP contribution in [0.3, 0.4) is 0 Å². The van der Waals surface area contributed by atoms with Gasteiger partial charge in [-0.25, -0.2) is 14.2 Å². The maximum absolute atomic E-state index is 13.5. The Bertz CT molecular complexity index is 650. The molecular formula is C13H9FN2O4. The summed E-state index contributed by atoms with van der Waals surface area (Å²) in [5, 5.41) is 20.5. The summed E-state index contributed by atoms with van der Waals surface area (Å²) in [5.41, 5.74) is -0.491. The first kappa shape index (κ1) is 13.5. The van der Waals surface area contributed by atoms with Gasteiger partial charge in [-0.15, -0.1) is 0 Å². The highest BCUT2D eigenvalue weighted by atomic mass is 19.1. The Morgan fingerprint density at radius 1 is 1.20 bits per heavy atom. The number of aromatic carboxylic acids is 1. The second kappa shape index (κ2) is 5.35. The maximum Gasteiger partial charge on any atom is 0.354 e. The van der Waals surface area contributed by atoms with Gasteiger partial charge in [0.1, 0.15) is 22.8 Å². The third-order valence-corrected chi connectivity index (χ3v) is 2.46. The van der Waals surface area contributed by atoms with Gasteiger partial charge in [-0.1, -0.05) is 6.07 Å². The minimum atomic E-state index is -1.20. The Labute approximate surface area is 112 Å². The minimum Gasteiger partial charge on any atom is -0.507 e. The number of phenolic OH excluding ortho intramolecular Hbond substituents is 1. The summed E-state index contributed by atoms with van der Waals surface area (Å²) in [5.74, 6) is -3.41. The lowest BCUT2D eigenvalue weighted by atomic mass is 10.1. The van der Waals surface area contributed by atoms with Crippen molar-refractivity contribution in [2.24, 2.45) is 0 Å². The summed E-state index contributed by atoms with van der Waals surface area (Å²) >= 11 is 0. The van der Waals surface area contributed by atoms with Crippen LogP contribution in [-0.4, -0.2) is 27.1 Å². The minimum absolute atomic E-state index is 0.183. The zero-order valence-electron chi connectivity index (χ0n) is 10.0. The quantitative estimate of drug-likeness (QED) is 0.794. The summed E-state index contributed by atoms with van der Waals surface area (Å²) in [4.78, 5) is 26.0. The predicted octanol–water partition coefficient (Wildman–Crippen LogP) is 1.88. The van der Waals surface area contributed by atoms with Crippen molar-refractivity contribution in [3.05, 3.63) is 53.6 Å². The third-order valence-electron chi connectivity index (χ3n) is 2.46. The molecule has 0 aliphatic rings. The van der Waals surface area contributed by atoms with Crippen LogP contribution in [0.1, 0.15) is 20.8 Å². The lowest BCUT2D eigenvalue weighted by Crippen LogP contribution is -2.14. The number of rotatable bonds is 3. The summed E-state index contributed by atoms with van der Waals surface area (Å²) < 4.78 is 13.5. The van der Waals surface area contributed by atoms with Gasteiger partial charge in [0.2, 0.25) is 0 Å². The number of nitrogens with one attached hydrogen (secondary N) is 1. The Hall–Kier alpha value is -2.96. The van der Waals surface area contributed by atoms with Crippen molar-refractivity contribution in [2.45, 2.75) is 0 Å². The molecule has 2 aromatic rings. The number of amides is 1. The largest absolute Gasteiger partial charge is 0.507 e. The van der Waals surface area contributed by atoms with Gasteiger partial charge >= 0.3 is 5.97 Å². The monoisotopic (exact) mass is 276 g/mol. The van der Waals surface area contributed by atoms with E-state index in [1.807, 2.05) is 0 Å². The number of hydrogen-bond acceptors (Lipinski definition) is 4. The number of carboxylic acid groups (broad SMARTS) is 1. The van der Waals surface area contributed by atoms with E-state index >= 15 is 0 Å². The first-order valence-electron chi connectivity index (χ1n) is 5.47. The van der Waals surface area contributed by atoms with E-state index in [2.05, 4.69) is 10.3 Å².